The number of fused-ring (bicyclic) bond motifs is 1. The van der Waals surface area contributed by atoms with Crippen molar-refractivity contribution in [1.29, 1.82) is 0 Å². The van der Waals surface area contributed by atoms with Crippen LogP contribution in [0.25, 0.3) is 16.9 Å². The first-order valence-electron chi connectivity index (χ1n) is 6.70. The number of benzene rings is 1. The van der Waals surface area contributed by atoms with Gasteiger partial charge in [0.1, 0.15) is 11.6 Å². The molecule has 0 aliphatic rings. The van der Waals surface area contributed by atoms with E-state index < -0.39 is 0 Å². The largest absolute Gasteiger partial charge is 0.345 e. The molecule has 0 saturated heterocycles. The van der Waals surface area contributed by atoms with Crippen LogP contribution in [0.2, 0.25) is 0 Å². The molecule has 5 heteroatoms. The molecule has 1 aromatic carbocycles. The summed E-state index contributed by atoms with van der Waals surface area (Å²) in [5, 5.41) is 0. The molecule has 0 spiro atoms. The lowest BCUT2D eigenvalue weighted by atomic mass is 10.2. The van der Waals surface area contributed by atoms with Crippen molar-refractivity contribution in [3.05, 3.63) is 54.0 Å². The highest BCUT2D eigenvalue weighted by molar-refractivity contribution is 5.93. The highest BCUT2D eigenvalue weighted by Crippen LogP contribution is 2.19. The van der Waals surface area contributed by atoms with Crippen molar-refractivity contribution in [1.82, 2.24) is 19.4 Å². The molecule has 5 nitrogen and oxygen atoms in total. The zero-order valence-electron chi connectivity index (χ0n) is 12.2. The molecular formula is C16H16N4O. The third kappa shape index (κ3) is 2.27. The number of imidazole rings is 1. The number of pyridine rings is 1. The average molecular weight is 280 g/mol. The zero-order chi connectivity index (χ0) is 15.0. The van der Waals surface area contributed by atoms with Crippen LogP contribution in [-0.4, -0.2) is 39.4 Å². The molecule has 0 aliphatic carbocycles. The minimum absolute atomic E-state index is 0.0544. The summed E-state index contributed by atoms with van der Waals surface area (Å²) >= 11 is 0. The molecular weight excluding hydrogens is 264 g/mol. The summed E-state index contributed by atoms with van der Waals surface area (Å²) < 4.78 is 1.99. The Morgan fingerprint density at radius 3 is 2.57 bits per heavy atom. The van der Waals surface area contributed by atoms with Crippen LogP contribution >= 0.6 is 0 Å². The van der Waals surface area contributed by atoms with Crippen molar-refractivity contribution in [2.24, 2.45) is 0 Å². The molecule has 0 atom stereocenters. The first-order chi connectivity index (χ1) is 10.1. The highest BCUT2D eigenvalue weighted by atomic mass is 16.2. The molecule has 3 rings (SSSR count). The van der Waals surface area contributed by atoms with Crippen molar-refractivity contribution in [2.45, 2.75) is 6.92 Å². The molecule has 0 N–H and O–H groups in total. The molecule has 0 unspecified atom stereocenters. The Morgan fingerprint density at radius 2 is 1.90 bits per heavy atom. The second-order valence-electron chi connectivity index (χ2n) is 5.09. The van der Waals surface area contributed by atoms with E-state index in [9.17, 15) is 4.79 Å². The van der Waals surface area contributed by atoms with E-state index in [4.69, 9.17) is 0 Å². The molecule has 0 radical (unpaired) electrons. The monoisotopic (exact) mass is 280 g/mol. The lowest BCUT2D eigenvalue weighted by molar-refractivity contribution is 0.0827. The number of hydrogen-bond donors (Lipinski definition) is 0. The van der Waals surface area contributed by atoms with Crippen LogP contribution in [0.4, 0.5) is 0 Å². The summed E-state index contributed by atoms with van der Waals surface area (Å²) in [5.41, 5.74) is 2.52. The highest BCUT2D eigenvalue weighted by Gasteiger charge is 2.12. The number of aromatic nitrogens is 3. The van der Waals surface area contributed by atoms with Crippen molar-refractivity contribution >= 4 is 16.9 Å². The van der Waals surface area contributed by atoms with Gasteiger partial charge >= 0.3 is 0 Å². The molecule has 0 fully saturated rings. The predicted molar refractivity (Wildman–Crippen MR) is 81.6 cm³/mol. The van der Waals surface area contributed by atoms with Gasteiger partial charge in [-0.05, 0) is 31.2 Å². The SMILES string of the molecule is Cc1nc2ccccc2n1-c1ccc(C(=O)N(C)C)cn1. The molecule has 0 bridgehead atoms. The maximum absolute atomic E-state index is 11.9. The fourth-order valence-corrected chi connectivity index (χ4v) is 2.34. The number of aryl methyl sites for hydroxylation is 1. The van der Waals surface area contributed by atoms with Gasteiger partial charge in [0.15, 0.2) is 0 Å². The van der Waals surface area contributed by atoms with Crippen LogP contribution in [0.5, 0.6) is 0 Å². The Balaban J connectivity index is 2.07. The first kappa shape index (κ1) is 13.3. The standard InChI is InChI=1S/C16H16N4O/c1-11-18-13-6-4-5-7-14(13)20(11)15-9-8-12(10-17-15)16(21)19(2)3/h4-10H,1-3H3. The van der Waals surface area contributed by atoms with E-state index in [1.165, 1.54) is 4.90 Å². The topological polar surface area (TPSA) is 51.0 Å². The number of nitrogens with zero attached hydrogens (tertiary/aromatic N) is 4. The average Bonchev–Trinajstić information content (AvgIpc) is 2.82. The summed E-state index contributed by atoms with van der Waals surface area (Å²) in [6, 6.07) is 11.6. The van der Waals surface area contributed by atoms with E-state index in [-0.39, 0.29) is 5.91 Å². The third-order valence-electron chi connectivity index (χ3n) is 3.36. The number of para-hydroxylation sites is 2. The van der Waals surface area contributed by atoms with Gasteiger partial charge in [-0.2, -0.15) is 0 Å². The predicted octanol–water partition coefficient (Wildman–Crippen LogP) is 2.43. The second kappa shape index (κ2) is 5.01. The summed E-state index contributed by atoms with van der Waals surface area (Å²) in [7, 11) is 3.45. The van der Waals surface area contributed by atoms with Crippen LogP contribution in [-0.2, 0) is 0 Å². The minimum atomic E-state index is -0.0544. The number of rotatable bonds is 2. The lowest BCUT2D eigenvalue weighted by Crippen LogP contribution is -2.21. The van der Waals surface area contributed by atoms with Gasteiger partial charge in [0.25, 0.3) is 5.91 Å². The normalized spacial score (nSPS) is 10.8. The molecule has 21 heavy (non-hydrogen) atoms. The summed E-state index contributed by atoms with van der Waals surface area (Å²) in [6.45, 7) is 1.95. The van der Waals surface area contributed by atoms with Gasteiger partial charge in [0, 0.05) is 20.3 Å². The molecule has 1 amide bonds. The zero-order valence-corrected chi connectivity index (χ0v) is 12.2. The first-order valence-corrected chi connectivity index (χ1v) is 6.70. The van der Waals surface area contributed by atoms with E-state index in [2.05, 4.69) is 9.97 Å². The number of hydrogen-bond acceptors (Lipinski definition) is 3. The van der Waals surface area contributed by atoms with Crippen LogP contribution in [0.1, 0.15) is 16.2 Å². The Labute approximate surface area is 122 Å². The summed E-state index contributed by atoms with van der Waals surface area (Å²) in [5.74, 6) is 1.58. The third-order valence-corrected chi connectivity index (χ3v) is 3.36. The molecule has 106 valence electrons. The van der Waals surface area contributed by atoms with Gasteiger partial charge in [-0.3, -0.25) is 9.36 Å². The van der Waals surface area contributed by atoms with E-state index in [0.717, 1.165) is 22.7 Å². The fraction of sp³-hybridized carbons (Fsp3) is 0.188. The van der Waals surface area contributed by atoms with Gasteiger partial charge in [-0.1, -0.05) is 12.1 Å². The molecule has 2 aromatic heterocycles. The second-order valence-corrected chi connectivity index (χ2v) is 5.09. The van der Waals surface area contributed by atoms with Gasteiger partial charge < -0.3 is 4.90 Å². The maximum atomic E-state index is 11.9. The van der Waals surface area contributed by atoms with Crippen molar-refractivity contribution in [3.8, 4) is 5.82 Å². The van der Waals surface area contributed by atoms with Crippen LogP contribution < -0.4 is 0 Å². The number of carbonyl (C=O) groups excluding carboxylic acids is 1. The van der Waals surface area contributed by atoms with Gasteiger partial charge in [0.05, 0.1) is 16.6 Å². The number of amides is 1. The van der Waals surface area contributed by atoms with Crippen molar-refractivity contribution < 1.29 is 4.79 Å². The van der Waals surface area contributed by atoms with Gasteiger partial charge in [-0.25, -0.2) is 9.97 Å². The Hall–Kier alpha value is -2.69. The van der Waals surface area contributed by atoms with Gasteiger partial charge in [0.2, 0.25) is 0 Å². The van der Waals surface area contributed by atoms with Crippen LogP contribution in [0.15, 0.2) is 42.6 Å². The van der Waals surface area contributed by atoms with E-state index >= 15 is 0 Å². The molecule has 0 saturated carbocycles. The van der Waals surface area contributed by atoms with Crippen molar-refractivity contribution in [3.63, 3.8) is 0 Å². The van der Waals surface area contributed by atoms with Crippen LogP contribution in [0, 0.1) is 6.92 Å². The Bertz CT molecular complexity index is 803. The summed E-state index contributed by atoms with van der Waals surface area (Å²) in [4.78, 5) is 22.4. The van der Waals surface area contributed by atoms with Crippen LogP contribution in [0.3, 0.4) is 0 Å². The Morgan fingerprint density at radius 1 is 1.14 bits per heavy atom. The van der Waals surface area contributed by atoms with E-state index in [1.807, 2.05) is 41.8 Å². The smallest absolute Gasteiger partial charge is 0.254 e. The molecule has 0 aliphatic heterocycles. The lowest BCUT2D eigenvalue weighted by Gasteiger charge is -2.11. The van der Waals surface area contributed by atoms with Crippen molar-refractivity contribution in [2.75, 3.05) is 14.1 Å². The Kier molecular flexibility index (Phi) is 3.17. The molecule has 3 aromatic rings. The summed E-state index contributed by atoms with van der Waals surface area (Å²) in [6.07, 6.45) is 1.60. The van der Waals surface area contributed by atoms with E-state index in [1.54, 1.807) is 26.4 Å². The molecule has 2 heterocycles. The number of carbonyl (C=O) groups is 1. The van der Waals surface area contributed by atoms with Gasteiger partial charge in [-0.15, -0.1) is 0 Å². The maximum Gasteiger partial charge on any atom is 0.254 e. The quantitative estimate of drug-likeness (QED) is 0.724. The minimum Gasteiger partial charge on any atom is -0.345 e. The fourth-order valence-electron chi connectivity index (χ4n) is 2.34. The van der Waals surface area contributed by atoms with E-state index in [0.29, 0.717) is 5.56 Å².